The van der Waals surface area contributed by atoms with Gasteiger partial charge in [-0.2, -0.15) is 0 Å². The molecule has 2 aliphatic rings. The van der Waals surface area contributed by atoms with Crippen molar-refractivity contribution in [2.24, 2.45) is 5.92 Å². The maximum atomic E-state index is 2.61. The van der Waals surface area contributed by atoms with Crippen LogP contribution in [0.15, 0.2) is 11.6 Å². The fourth-order valence-corrected chi connectivity index (χ4v) is 3.61. The zero-order valence-electron chi connectivity index (χ0n) is 12.7. The molecule has 19 heavy (non-hydrogen) atoms. The number of fused-ring (bicyclic) bond motifs is 3. The number of hydrogen-bond acceptors (Lipinski definition) is 0. The Balaban J connectivity index is 2.21. The van der Waals surface area contributed by atoms with E-state index in [0.29, 0.717) is 12.0 Å². The number of aromatic nitrogens is 1. The molecule has 1 aromatic heterocycles. The van der Waals surface area contributed by atoms with Crippen LogP contribution in [0.1, 0.15) is 69.1 Å². The zero-order valence-corrected chi connectivity index (χ0v) is 12.7. The Morgan fingerprint density at radius 1 is 0.947 bits per heavy atom. The maximum Gasteiger partial charge on any atom is 0.0280 e. The summed E-state index contributed by atoms with van der Waals surface area (Å²) < 4.78 is 2.61. The molecule has 1 nitrogen and oxygen atoms in total. The fourth-order valence-electron chi connectivity index (χ4n) is 3.61. The Bertz CT molecular complexity index is 553. The van der Waals surface area contributed by atoms with Gasteiger partial charge in [0.15, 0.2) is 0 Å². The third kappa shape index (κ3) is 2.00. The lowest BCUT2D eigenvalue weighted by molar-refractivity contribution is 0.543. The van der Waals surface area contributed by atoms with E-state index >= 15 is 0 Å². The summed E-state index contributed by atoms with van der Waals surface area (Å²) in [5.41, 5.74) is 7.80. The molecule has 0 spiro atoms. The van der Waals surface area contributed by atoms with Gasteiger partial charge in [-0.1, -0.05) is 37.6 Å². The van der Waals surface area contributed by atoms with Gasteiger partial charge in [0, 0.05) is 28.6 Å². The Morgan fingerprint density at radius 3 is 2.37 bits per heavy atom. The maximum absolute atomic E-state index is 2.61. The Morgan fingerprint density at radius 2 is 1.68 bits per heavy atom. The van der Waals surface area contributed by atoms with E-state index in [4.69, 9.17) is 0 Å². The van der Waals surface area contributed by atoms with Gasteiger partial charge in [-0.05, 0) is 45.4 Å². The molecule has 1 aromatic rings. The highest BCUT2D eigenvalue weighted by atomic mass is 15.0. The van der Waals surface area contributed by atoms with Crippen LogP contribution in [0.4, 0.5) is 0 Å². The summed E-state index contributed by atoms with van der Waals surface area (Å²) in [7, 11) is 0. The summed E-state index contributed by atoms with van der Waals surface area (Å²) in [4.78, 5) is 0. The lowest BCUT2D eigenvalue weighted by Gasteiger charge is -2.22. The van der Waals surface area contributed by atoms with Crippen molar-refractivity contribution < 1.29 is 0 Å². The van der Waals surface area contributed by atoms with Crippen LogP contribution in [0, 0.1) is 5.92 Å². The minimum absolute atomic E-state index is 0.581. The normalized spacial score (nSPS) is 17.7. The molecule has 0 bridgehead atoms. The molecule has 0 fully saturated rings. The Kier molecular flexibility index (Phi) is 3.16. The molecule has 0 atom stereocenters. The lowest BCUT2D eigenvalue weighted by Crippen LogP contribution is -2.12. The quantitative estimate of drug-likeness (QED) is 0.699. The van der Waals surface area contributed by atoms with Crippen molar-refractivity contribution in [3.63, 3.8) is 0 Å². The Labute approximate surface area is 117 Å². The van der Waals surface area contributed by atoms with Crippen LogP contribution in [0.3, 0.4) is 0 Å². The Hall–Kier alpha value is -1.24. The van der Waals surface area contributed by atoms with Gasteiger partial charge in [-0.15, -0.1) is 0 Å². The van der Waals surface area contributed by atoms with Crippen LogP contribution in [-0.4, -0.2) is 4.57 Å². The second-order valence-corrected chi connectivity index (χ2v) is 6.50. The van der Waals surface area contributed by atoms with Crippen LogP contribution < -0.4 is 0 Å². The molecule has 0 aromatic carbocycles. The van der Waals surface area contributed by atoms with Gasteiger partial charge in [0.1, 0.15) is 0 Å². The second-order valence-electron chi connectivity index (χ2n) is 6.50. The van der Waals surface area contributed by atoms with Crippen molar-refractivity contribution in [1.82, 2.24) is 4.57 Å². The smallest absolute Gasteiger partial charge is 0.0280 e. The summed E-state index contributed by atoms with van der Waals surface area (Å²) in [5.74, 6) is 0.679. The van der Waals surface area contributed by atoms with E-state index in [0.717, 1.165) is 0 Å². The molecule has 2 aliphatic carbocycles. The van der Waals surface area contributed by atoms with E-state index in [1.165, 1.54) is 36.8 Å². The SMILES string of the molecule is CC(C)C1=Cc2c3c(n(C(C)C)c2CC1)CCC=C3. The molecule has 0 amide bonds. The number of nitrogens with zero attached hydrogens (tertiary/aromatic N) is 1. The van der Waals surface area contributed by atoms with Gasteiger partial charge in [-0.3, -0.25) is 0 Å². The first-order valence-corrected chi connectivity index (χ1v) is 7.72. The minimum Gasteiger partial charge on any atom is -0.345 e. The third-order valence-corrected chi connectivity index (χ3v) is 4.56. The fraction of sp³-hybridized carbons (Fsp3) is 0.556. The predicted octanol–water partition coefficient (Wildman–Crippen LogP) is 5.01. The van der Waals surface area contributed by atoms with E-state index in [1.807, 2.05) is 0 Å². The van der Waals surface area contributed by atoms with Gasteiger partial charge < -0.3 is 4.57 Å². The molecule has 0 radical (unpaired) electrons. The van der Waals surface area contributed by atoms with Gasteiger partial charge in [0.25, 0.3) is 0 Å². The van der Waals surface area contributed by atoms with Gasteiger partial charge >= 0.3 is 0 Å². The standard InChI is InChI=1S/C18H25N/c1-12(2)14-9-10-18-16(11-14)15-7-5-6-8-17(15)19(18)13(3)4/h5,7,11-13H,6,8-10H2,1-4H3. The molecule has 0 unspecified atom stereocenters. The van der Waals surface area contributed by atoms with Gasteiger partial charge in [0.05, 0.1) is 0 Å². The average Bonchev–Trinajstić information content (AvgIpc) is 2.72. The van der Waals surface area contributed by atoms with Crippen molar-refractivity contribution in [2.45, 2.75) is 59.4 Å². The summed E-state index contributed by atoms with van der Waals surface area (Å²) in [6, 6.07) is 0.581. The third-order valence-electron chi connectivity index (χ3n) is 4.56. The van der Waals surface area contributed by atoms with E-state index in [-0.39, 0.29) is 0 Å². The molecule has 3 rings (SSSR count). The first-order chi connectivity index (χ1) is 9.09. The number of rotatable bonds is 2. The molecule has 102 valence electrons. The molecule has 0 N–H and O–H groups in total. The topological polar surface area (TPSA) is 4.93 Å². The minimum atomic E-state index is 0.581. The van der Waals surface area contributed by atoms with Gasteiger partial charge in [-0.25, -0.2) is 0 Å². The van der Waals surface area contributed by atoms with Crippen molar-refractivity contribution in [3.8, 4) is 0 Å². The van der Waals surface area contributed by atoms with Crippen LogP contribution in [-0.2, 0) is 12.8 Å². The van der Waals surface area contributed by atoms with Crippen molar-refractivity contribution in [3.05, 3.63) is 34.2 Å². The summed E-state index contributed by atoms with van der Waals surface area (Å²) in [5, 5.41) is 0. The molecule has 0 aliphatic heterocycles. The molecule has 1 heteroatoms. The highest BCUT2D eigenvalue weighted by Gasteiger charge is 2.25. The highest BCUT2D eigenvalue weighted by Crippen LogP contribution is 2.38. The highest BCUT2D eigenvalue weighted by molar-refractivity contribution is 5.74. The van der Waals surface area contributed by atoms with Crippen molar-refractivity contribution >= 4 is 12.2 Å². The first-order valence-electron chi connectivity index (χ1n) is 7.72. The molecule has 1 heterocycles. The molecular formula is C18H25N. The van der Waals surface area contributed by atoms with E-state index in [9.17, 15) is 0 Å². The zero-order chi connectivity index (χ0) is 13.6. The van der Waals surface area contributed by atoms with Crippen LogP contribution in [0.25, 0.3) is 12.2 Å². The molecule has 0 saturated heterocycles. The molecule has 0 saturated carbocycles. The second kappa shape index (κ2) is 4.70. The first kappa shape index (κ1) is 12.8. The largest absolute Gasteiger partial charge is 0.345 e. The number of allylic oxidation sites excluding steroid dienone is 2. The summed E-state index contributed by atoms with van der Waals surface area (Å²) in [6.07, 6.45) is 12.0. The average molecular weight is 255 g/mol. The van der Waals surface area contributed by atoms with Crippen molar-refractivity contribution in [1.29, 1.82) is 0 Å². The number of hydrogen-bond donors (Lipinski definition) is 0. The van der Waals surface area contributed by atoms with Gasteiger partial charge in [0.2, 0.25) is 0 Å². The van der Waals surface area contributed by atoms with Crippen LogP contribution >= 0.6 is 0 Å². The summed E-state index contributed by atoms with van der Waals surface area (Å²) in [6.45, 7) is 9.28. The van der Waals surface area contributed by atoms with Crippen LogP contribution in [0.5, 0.6) is 0 Å². The van der Waals surface area contributed by atoms with E-state index in [2.05, 4.69) is 50.5 Å². The predicted molar refractivity (Wildman–Crippen MR) is 83.3 cm³/mol. The van der Waals surface area contributed by atoms with E-state index < -0.39 is 0 Å². The van der Waals surface area contributed by atoms with Crippen LogP contribution in [0.2, 0.25) is 0 Å². The van der Waals surface area contributed by atoms with Crippen molar-refractivity contribution in [2.75, 3.05) is 0 Å². The molecular weight excluding hydrogens is 230 g/mol. The monoisotopic (exact) mass is 255 g/mol. The lowest BCUT2D eigenvalue weighted by atomic mass is 9.88. The summed E-state index contributed by atoms with van der Waals surface area (Å²) >= 11 is 0. The van der Waals surface area contributed by atoms with E-state index in [1.54, 1.807) is 17.0 Å².